The van der Waals surface area contributed by atoms with E-state index in [1.54, 1.807) is 0 Å². The maximum Gasteiger partial charge on any atom is 0.177 e. The molecule has 0 spiro atoms. The Labute approximate surface area is 171 Å². The van der Waals surface area contributed by atoms with Crippen molar-refractivity contribution >= 4 is 11.8 Å². The summed E-state index contributed by atoms with van der Waals surface area (Å²) >= 11 is 0. The number of carboxylic acids is 1. The van der Waals surface area contributed by atoms with Gasteiger partial charge >= 0.3 is 0 Å². The van der Waals surface area contributed by atoms with Crippen molar-refractivity contribution in [1.82, 2.24) is 0 Å². The fourth-order valence-corrected chi connectivity index (χ4v) is 3.25. The van der Waals surface area contributed by atoms with Crippen LogP contribution in [0.15, 0.2) is 24.3 Å². The number of hydrogen-bond donors (Lipinski definition) is 1. The molecule has 0 bridgehead atoms. The largest absolute Gasteiger partial charge is 0.550 e. The second kappa shape index (κ2) is 14.5. The first-order valence-corrected chi connectivity index (χ1v) is 10.7. The Morgan fingerprint density at radius 3 is 2.07 bits per heavy atom. The van der Waals surface area contributed by atoms with Gasteiger partial charge in [0, 0.05) is 18.8 Å². The second-order valence-corrected chi connectivity index (χ2v) is 8.73. The van der Waals surface area contributed by atoms with E-state index in [1.165, 1.54) is 6.42 Å². The topological polar surface area (TPSA) is 77.4 Å². The first-order chi connectivity index (χ1) is 13.1. The fourth-order valence-electron chi connectivity index (χ4n) is 3.25. The van der Waals surface area contributed by atoms with E-state index in [9.17, 15) is 19.8 Å². The van der Waals surface area contributed by atoms with Crippen LogP contribution in [0.5, 0.6) is 0 Å². The van der Waals surface area contributed by atoms with Crippen LogP contribution in [0.3, 0.4) is 0 Å². The highest BCUT2D eigenvalue weighted by molar-refractivity contribution is 5.90. The van der Waals surface area contributed by atoms with E-state index in [2.05, 4.69) is 31.2 Å². The number of rotatable bonds is 17. The summed E-state index contributed by atoms with van der Waals surface area (Å²) in [5.41, 5.74) is -1.84. The Morgan fingerprint density at radius 1 is 0.929 bits per heavy atom. The van der Waals surface area contributed by atoms with Crippen LogP contribution >= 0.6 is 0 Å². The van der Waals surface area contributed by atoms with E-state index in [-0.39, 0.29) is 18.7 Å². The van der Waals surface area contributed by atoms with Crippen LogP contribution in [0, 0.1) is 0 Å². The predicted octanol–water partition coefficient (Wildman–Crippen LogP) is 3.17. The molecular weight excluding hydrogens is 354 g/mol. The average Bonchev–Trinajstić information content (AvgIpc) is 2.56. The number of carboxylic acid groups (broad SMARTS) is 1. The Hall–Kier alpha value is -1.46. The minimum absolute atomic E-state index is 0.0692. The van der Waals surface area contributed by atoms with Gasteiger partial charge in [-0.15, -0.1) is 0 Å². The molecule has 1 atom stereocenters. The maximum absolute atomic E-state index is 12.4. The molecule has 0 radical (unpaired) electrons. The number of Topliss-reactive ketones (excluding diaryl/α,β-unsaturated/α-hetero) is 1. The molecule has 0 saturated heterocycles. The molecule has 28 heavy (non-hydrogen) atoms. The van der Waals surface area contributed by atoms with Gasteiger partial charge in [-0.05, 0) is 32.1 Å². The molecule has 1 N–H and O–H groups in total. The number of carbonyl (C=O) groups excluding carboxylic acids is 2. The van der Waals surface area contributed by atoms with Gasteiger partial charge < -0.3 is 19.5 Å². The first-order valence-electron chi connectivity index (χ1n) is 10.7. The summed E-state index contributed by atoms with van der Waals surface area (Å²) in [7, 11) is 5.47. The van der Waals surface area contributed by atoms with Crippen molar-refractivity contribution in [3.8, 4) is 0 Å². The quantitative estimate of drug-likeness (QED) is 0.233. The van der Waals surface area contributed by atoms with Crippen LogP contribution < -0.4 is 5.11 Å². The average molecular weight is 396 g/mol. The zero-order valence-corrected chi connectivity index (χ0v) is 18.4. The van der Waals surface area contributed by atoms with Gasteiger partial charge in [0.25, 0.3) is 0 Å². The molecule has 0 aliphatic heterocycles. The highest BCUT2D eigenvalue weighted by atomic mass is 16.4. The molecule has 162 valence electrons. The lowest BCUT2D eigenvalue weighted by molar-refractivity contribution is -0.875. The van der Waals surface area contributed by atoms with Gasteiger partial charge in [0.1, 0.15) is 6.54 Å². The van der Waals surface area contributed by atoms with Crippen molar-refractivity contribution in [2.45, 2.75) is 83.2 Å². The lowest BCUT2D eigenvalue weighted by Crippen LogP contribution is -2.56. The third kappa shape index (κ3) is 14.6. The highest BCUT2D eigenvalue weighted by Crippen LogP contribution is 2.19. The van der Waals surface area contributed by atoms with Crippen molar-refractivity contribution in [3.63, 3.8) is 0 Å². The summed E-state index contributed by atoms with van der Waals surface area (Å²) in [6, 6.07) is 0. The lowest BCUT2D eigenvalue weighted by Gasteiger charge is -2.34. The summed E-state index contributed by atoms with van der Waals surface area (Å²) in [6.45, 7) is 2.24. The molecule has 0 fully saturated rings. The highest BCUT2D eigenvalue weighted by Gasteiger charge is 2.40. The van der Waals surface area contributed by atoms with Crippen molar-refractivity contribution < 1.29 is 24.3 Å². The number of unbranched alkanes of at least 4 members (excludes halogenated alkanes) is 6. The summed E-state index contributed by atoms with van der Waals surface area (Å²) in [6.07, 6.45) is 17.8. The molecule has 0 aliphatic carbocycles. The number of carbonyl (C=O) groups is 2. The van der Waals surface area contributed by atoms with Gasteiger partial charge in [0.15, 0.2) is 11.4 Å². The van der Waals surface area contributed by atoms with E-state index < -0.39 is 18.0 Å². The Kier molecular flexibility index (Phi) is 13.8. The van der Waals surface area contributed by atoms with Gasteiger partial charge in [-0.2, -0.15) is 0 Å². The number of allylic oxidation sites excluding steroid dienone is 4. The SMILES string of the molecule is CCCC=CCC=CCCCCCCCC(=O)C(O)(CC(=O)[O-])C[N+](C)(C)C. The number of likely N-dealkylation sites (N-methyl/N-ethyl adjacent to an activating group) is 1. The standard InChI is InChI=1S/C23H41NO4/c1-5-6-7-8-9-10-11-12-13-14-15-16-17-18-21(25)23(28,19-22(26)27)20-24(2,3)4/h7-8,10-11,28H,5-6,9,12-20H2,1-4H3. The molecule has 0 saturated carbocycles. The summed E-state index contributed by atoms with van der Waals surface area (Å²) in [5, 5.41) is 21.5. The van der Waals surface area contributed by atoms with Crippen LogP contribution in [0.25, 0.3) is 0 Å². The molecular formula is C23H41NO4. The smallest absolute Gasteiger partial charge is 0.177 e. The van der Waals surface area contributed by atoms with Crippen LogP contribution in [-0.2, 0) is 9.59 Å². The van der Waals surface area contributed by atoms with Gasteiger partial charge in [0.2, 0.25) is 0 Å². The van der Waals surface area contributed by atoms with Crippen molar-refractivity contribution in [2.24, 2.45) is 0 Å². The molecule has 5 nitrogen and oxygen atoms in total. The molecule has 0 aromatic heterocycles. The van der Waals surface area contributed by atoms with Crippen LogP contribution in [0.1, 0.15) is 77.6 Å². The fraction of sp³-hybridized carbons (Fsp3) is 0.739. The number of hydrogen-bond acceptors (Lipinski definition) is 4. The monoisotopic (exact) mass is 395 g/mol. The van der Waals surface area contributed by atoms with E-state index in [1.807, 2.05) is 21.1 Å². The number of aliphatic carboxylic acids is 1. The third-order valence-corrected chi connectivity index (χ3v) is 4.53. The Bertz CT molecular complexity index is 505. The van der Waals surface area contributed by atoms with Gasteiger partial charge in [-0.1, -0.05) is 56.9 Å². The Balaban J connectivity index is 4.00. The van der Waals surface area contributed by atoms with Gasteiger partial charge in [-0.25, -0.2) is 0 Å². The number of nitrogens with zero attached hydrogens (tertiary/aromatic N) is 1. The summed E-state index contributed by atoms with van der Waals surface area (Å²) in [4.78, 5) is 23.4. The zero-order chi connectivity index (χ0) is 21.5. The molecule has 1 unspecified atom stereocenters. The van der Waals surface area contributed by atoms with E-state index in [0.717, 1.165) is 44.9 Å². The molecule has 0 rings (SSSR count). The number of quaternary nitrogens is 1. The van der Waals surface area contributed by atoms with Gasteiger partial charge in [-0.3, -0.25) is 4.79 Å². The summed E-state index contributed by atoms with van der Waals surface area (Å²) < 4.78 is 0.317. The second-order valence-electron chi connectivity index (χ2n) is 8.73. The normalized spacial score (nSPS) is 14.6. The van der Waals surface area contributed by atoms with Crippen molar-refractivity contribution in [1.29, 1.82) is 0 Å². The Morgan fingerprint density at radius 2 is 1.50 bits per heavy atom. The maximum atomic E-state index is 12.4. The molecule has 0 heterocycles. The first kappa shape index (κ1) is 26.5. The van der Waals surface area contributed by atoms with E-state index in [0.29, 0.717) is 10.9 Å². The minimum atomic E-state index is -1.84. The molecule has 0 aromatic carbocycles. The minimum Gasteiger partial charge on any atom is -0.550 e. The number of ketones is 1. The number of aliphatic hydroxyl groups is 1. The van der Waals surface area contributed by atoms with Gasteiger partial charge in [0.05, 0.1) is 21.1 Å². The van der Waals surface area contributed by atoms with Crippen LogP contribution in [-0.4, -0.2) is 54.6 Å². The van der Waals surface area contributed by atoms with E-state index in [4.69, 9.17) is 0 Å². The zero-order valence-electron chi connectivity index (χ0n) is 18.4. The summed E-state index contributed by atoms with van der Waals surface area (Å²) in [5.74, 6) is -1.78. The van der Waals surface area contributed by atoms with Crippen molar-refractivity contribution in [3.05, 3.63) is 24.3 Å². The lowest BCUT2D eigenvalue weighted by atomic mass is 9.89. The third-order valence-electron chi connectivity index (χ3n) is 4.53. The van der Waals surface area contributed by atoms with Crippen LogP contribution in [0.2, 0.25) is 0 Å². The van der Waals surface area contributed by atoms with Crippen LogP contribution in [0.4, 0.5) is 0 Å². The van der Waals surface area contributed by atoms with E-state index >= 15 is 0 Å². The molecule has 0 amide bonds. The van der Waals surface area contributed by atoms with Crippen molar-refractivity contribution in [2.75, 3.05) is 27.7 Å². The molecule has 5 heteroatoms. The molecule has 0 aliphatic rings. The predicted molar refractivity (Wildman–Crippen MR) is 113 cm³/mol. The molecule has 0 aromatic rings.